The van der Waals surface area contributed by atoms with E-state index in [1.807, 2.05) is 30.3 Å². The van der Waals surface area contributed by atoms with Crippen LogP contribution in [-0.4, -0.2) is 17.2 Å². The number of carbonyl (C=O) groups is 1. The molecule has 1 aromatic heterocycles. The smallest absolute Gasteiger partial charge is 0.281 e. The Hall–Kier alpha value is -2.18. The maximum atomic E-state index is 11.9. The molecular weight excluding hydrogens is 364 g/mol. The Morgan fingerprint density at radius 3 is 2.77 bits per heavy atom. The van der Waals surface area contributed by atoms with Crippen molar-refractivity contribution in [3.05, 3.63) is 62.8 Å². The molecule has 0 aliphatic carbocycles. The summed E-state index contributed by atoms with van der Waals surface area (Å²) in [4.78, 5) is 12.5. The molecule has 0 aliphatic heterocycles. The fourth-order valence-corrected chi connectivity index (χ4v) is 3.34. The van der Waals surface area contributed by atoms with Gasteiger partial charge in [-0.25, -0.2) is 5.43 Å². The molecule has 0 saturated carbocycles. The number of amides is 1. The van der Waals surface area contributed by atoms with Crippen molar-refractivity contribution in [3.8, 4) is 5.75 Å². The molecule has 0 radical (unpaired) electrons. The molecule has 2 aromatic carbocycles. The molecular formula is C16H11BrN2O2S. The zero-order valence-electron chi connectivity index (χ0n) is 11.3. The van der Waals surface area contributed by atoms with E-state index in [-0.39, 0.29) is 11.7 Å². The number of fused-ring (bicyclic) bond motifs is 1. The van der Waals surface area contributed by atoms with Crippen molar-refractivity contribution in [2.75, 3.05) is 0 Å². The van der Waals surface area contributed by atoms with Gasteiger partial charge in [0.1, 0.15) is 5.75 Å². The van der Waals surface area contributed by atoms with Crippen molar-refractivity contribution in [2.24, 2.45) is 5.10 Å². The van der Waals surface area contributed by atoms with Gasteiger partial charge in [-0.15, -0.1) is 11.3 Å². The van der Waals surface area contributed by atoms with E-state index in [1.54, 1.807) is 18.2 Å². The first-order chi connectivity index (χ1) is 10.6. The molecule has 1 amide bonds. The molecule has 4 nitrogen and oxygen atoms in total. The van der Waals surface area contributed by atoms with Crippen LogP contribution in [0.1, 0.15) is 15.2 Å². The molecule has 0 atom stereocenters. The monoisotopic (exact) mass is 374 g/mol. The van der Waals surface area contributed by atoms with Gasteiger partial charge < -0.3 is 5.11 Å². The molecule has 110 valence electrons. The molecule has 0 fully saturated rings. The average Bonchev–Trinajstić information content (AvgIpc) is 2.96. The Morgan fingerprint density at radius 1 is 1.18 bits per heavy atom. The van der Waals surface area contributed by atoms with Gasteiger partial charge in [-0.05, 0) is 44.9 Å². The lowest BCUT2D eigenvalue weighted by Crippen LogP contribution is -2.16. The highest BCUT2D eigenvalue weighted by Crippen LogP contribution is 2.25. The van der Waals surface area contributed by atoms with Gasteiger partial charge >= 0.3 is 0 Å². The normalized spacial score (nSPS) is 11.1. The largest absolute Gasteiger partial charge is 0.507 e. The standard InChI is InChI=1S/C16H11BrN2O2S/c17-15-8-7-14(22-15)16(21)19-18-9-12-11-4-2-1-3-10(11)5-6-13(12)20/h1-9,20H,(H,19,21)/b18-9-. The van der Waals surface area contributed by atoms with Crippen LogP contribution in [0.25, 0.3) is 10.8 Å². The van der Waals surface area contributed by atoms with Crippen LogP contribution in [0.15, 0.2) is 57.4 Å². The molecule has 1 heterocycles. The Bertz CT molecular complexity index is 873. The Balaban J connectivity index is 1.84. The maximum absolute atomic E-state index is 11.9. The predicted octanol–water partition coefficient (Wildman–Crippen LogP) is 4.13. The van der Waals surface area contributed by atoms with Gasteiger partial charge in [0.25, 0.3) is 5.91 Å². The first kappa shape index (κ1) is 14.7. The lowest BCUT2D eigenvalue weighted by molar-refractivity contribution is 0.0959. The van der Waals surface area contributed by atoms with Crippen LogP contribution in [0.4, 0.5) is 0 Å². The van der Waals surface area contributed by atoms with Crippen molar-refractivity contribution in [3.63, 3.8) is 0 Å². The van der Waals surface area contributed by atoms with Crippen LogP contribution >= 0.6 is 27.3 Å². The second-order valence-corrected chi connectivity index (χ2v) is 6.99. The number of benzene rings is 2. The second-order valence-electron chi connectivity index (χ2n) is 4.52. The van der Waals surface area contributed by atoms with E-state index >= 15 is 0 Å². The lowest BCUT2D eigenvalue weighted by Gasteiger charge is -2.04. The molecule has 0 unspecified atom stereocenters. The summed E-state index contributed by atoms with van der Waals surface area (Å²) in [5.41, 5.74) is 3.04. The maximum Gasteiger partial charge on any atom is 0.281 e. The van der Waals surface area contributed by atoms with E-state index in [2.05, 4.69) is 26.5 Å². The van der Waals surface area contributed by atoms with E-state index in [0.717, 1.165) is 14.6 Å². The predicted molar refractivity (Wildman–Crippen MR) is 92.7 cm³/mol. The Kier molecular flexibility index (Phi) is 4.22. The van der Waals surface area contributed by atoms with Gasteiger partial charge in [-0.3, -0.25) is 4.79 Å². The minimum atomic E-state index is -0.285. The molecule has 0 aliphatic rings. The number of carbonyl (C=O) groups excluding carboxylic acids is 1. The summed E-state index contributed by atoms with van der Waals surface area (Å²) in [5.74, 6) is -0.165. The minimum Gasteiger partial charge on any atom is -0.507 e. The number of hydrogen-bond acceptors (Lipinski definition) is 4. The number of nitrogens with one attached hydrogen (secondary N) is 1. The molecule has 3 rings (SSSR count). The summed E-state index contributed by atoms with van der Waals surface area (Å²) >= 11 is 4.64. The minimum absolute atomic E-state index is 0.121. The second kappa shape index (κ2) is 6.29. The van der Waals surface area contributed by atoms with Crippen molar-refractivity contribution in [1.29, 1.82) is 0 Å². The average molecular weight is 375 g/mol. The zero-order valence-corrected chi connectivity index (χ0v) is 13.7. The number of thiophene rings is 1. The quantitative estimate of drug-likeness (QED) is 0.534. The van der Waals surface area contributed by atoms with Crippen molar-refractivity contribution in [2.45, 2.75) is 0 Å². The van der Waals surface area contributed by atoms with Gasteiger partial charge in [0, 0.05) is 5.56 Å². The zero-order chi connectivity index (χ0) is 15.5. The van der Waals surface area contributed by atoms with Gasteiger partial charge in [-0.2, -0.15) is 5.10 Å². The molecule has 0 bridgehead atoms. The van der Waals surface area contributed by atoms with E-state index in [1.165, 1.54) is 17.6 Å². The SMILES string of the molecule is O=C(N/N=C\c1c(O)ccc2ccccc12)c1ccc(Br)s1. The van der Waals surface area contributed by atoms with Crippen LogP contribution in [0.3, 0.4) is 0 Å². The summed E-state index contributed by atoms with van der Waals surface area (Å²) in [6, 6.07) is 14.6. The highest BCUT2D eigenvalue weighted by molar-refractivity contribution is 9.11. The summed E-state index contributed by atoms with van der Waals surface area (Å²) < 4.78 is 0.883. The summed E-state index contributed by atoms with van der Waals surface area (Å²) in [5, 5.41) is 15.8. The first-order valence-corrected chi connectivity index (χ1v) is 8.05. The van der Waals surface area contributed by atoms with Gasteiger partial charge in [-0.1, -0.05) is 30.3 Å². The number of phenols is 1. The third kappa shape index (κ3) is 3.03. The molecule has 0 spiro atoms. The van der Waals surface area contributed by atoms with Gasteiger partial charge in [0.05, 0.1) is 14.9 Å². The summed E-state index contributed by atoms with van der Waals surface area (Å²) in [6.07, 6.45) is 1.46. The number of rotatable bonds is 3. The first-order valence-electron chi connectivity index (χ1n) is 6.44. The van der Waals surface area contributed by atoms with E-state index in [0.29, 0.717) is 10.4 Å². The number of phenolic OH excluding ortho intramolecular Hbond substituents is 1. The number of halogens is 1. The third-order valence-electron chi connectivity index (χ3n) is 3.10. The van der Waals surface area contributed by atoms with Crippen molar-refractivity contribution < 1.29 is 9.90 Å². The Morgan fingerprint density at radius 2 is 2.00 bits per heavy atom. The van der Waals surface area contributed by atoms with Crippen LogP contribution in [0, 0.1) is 0 Å². The van der Waals surface area contributed by atoms with E-state index < -0.39 is 0 Å². The van der Waals surface area contributed by atoms with Crippen LogP contribution in [0.5, 0.6) is 5.75 Å². The molecule has 6 heteroatoms. The van der Waals surface area contributed by atoms with E-state index in [9.17, 15) is 9.90 Å². The van der Waals surface area contributed by atoms with Crippen molar-refractivity contribution >= 4 is 50.2 Å². The van der Waals surface area contributed by atoms with Gasteiger partial charge in [0.15, 0.2) is 0 Å². The highest BCUT2D eigenvalue weighted by atomic mass is 79.9. The van der Waals surface area contributed by atoms with Crippen LogP contribution in [-0.2, 0) is 0 Å². The van der Waals surface area contributed by atoms with E-state index in [4.69, 9.17) is 0 Å². The van der Waals surface area contributed by atoms with Crippen molar-refractivity contribution in [1.82, 2.24) is 5.43 Å². The molecule has 2 N–H and O–H groups in total. The topological polar surface area (TPSA) is 61.7 Å². The van der Waals surface area contributed by atoms with Crippen LogP contribution < -0.4 is 5.43 Å². The molecule has 0 saturated heterocycles. The highest BCUT2D eigenvalue weighted by Gasteiger charge is 2.08. The van der Waals surface area contributed by atoms with Gasteiger partial charge in [0.2, 0.25) is 0 Å². The Labute approximate surface area is 139 Å². The number of nitrogens with zero attached hydrogens (tertiary/aromatic N) is 1. The summed E-state index contributed by atoms with van der Waals surface area (Å²) in [6.45, 7) is 0. The van der Waals surface area contributed by atoms with Crippen LogP contribution in [0.2, 0.25) is 0 Å². The fourth-order valence-electron chi connectivity index (χ4n) is 2.07. The fraction of sp³-hybridized carbons (Fsp3) is 0. The molecule has 22 heavy (non-hydrogen) atoms. The summed E-state index contributed by atoms with van der Waals surface area (Å²) in [7, 11) is 0. The lowest BCUT2D eigenvalue weighted by atomic mass is 10.0. The molecule has 3 aromatic rings. The number of aromatic hydroxyl groups is 1. The number of hydrogen-bond donors (Lipinski definition) is 2. The third-order valence-corrected chi connectivity index (χ3v) is 4.73. The number of hydrazone groups is 1.